The van der Waals surface area contributed by atoms with Crippen LogP contribution in [0.15, 0.2) is 21.8 Å². The highest BCUT2D eigenvalue weighted by Gasteiger charge is 2.33. The Kier molecular flexibility index (Phi) is 3.95. The maximum absolute atomic E-state index is 12.9. The molecule has 0 amide bonds. The molecule has 1 aliphatic rings. The van der Waals surface area contributed by atoms with Gasteiger partial charge in [-0.15, -0.1) is 11.8 Å². The van der Waals surface area contributed by atoms with Gasteiger partial charge in [0.1, 0.15) is 5.56 Å². The van der Waals surface area contributed by atoms with Crippen LogP contribution in [0.4, 0.5) is 0 Å². The molecule has 1 heterocycles. The molecule has 1 saturated carbocycles. The van der Waals surface area contributed by atoms with Gasteiger partial charge in [0.25, 0.3) is 5.56 Å². The Hall–Kier alpha value is -1.46. The minimum atomic E-state index is -0.257. The number of halogens is 1. The fourth-order valence-corrected chi connectivity index (χ4v) is 3.86. The lowest BCUT2D eigenvalue weighted by atomic mass is 9.98. The molecule has 0 spiro atoms. The lowest BCUT2D eigenvalue weighted by Gasteiger charge is -2.10. The van der Waals surface area contributed by atoms with Crippen molar-refractivity contribution >= 4 is 29.1 Å². The first-order valence-electron chi connectivity index (χ1n) is 7.12. The standard InChI is InChI=1S/C16H17ClN2O2S/c1-8-10(6-7-11(17)15(8)22-3)14(20)12-13(9-4-5-9)18-19(2)16(12)21/h6-7,9,18H,4-5H2,1-3H3. The second kappa shape index (κ2) is 5.63. The van der Waals surface area contributed by atoms with E-state index in [0.29, 0.717) is 16.5 Å². The second-order valence-corrected chi connectivity index (χ2v) is 6.84. The van der Waals surface area contributed by atoms with Gasteiger partial charge < -0.3 is 0 Å². The van der Waals surface area contributed by atoms with Gasteiger partial charge in [0.15, 0.2) is 0 Å². The SMILES string of the molecule is CSc1c(Cl)ccc(C(=O)c2c(C3CC3)[nH]n(C)c2=O)c1C. The van der Waals surface area contributed by atoms with Crippen LogP contribution in [0.25, 0.3) is 0 Å². The third-order valence-corrected chi connectivity index (χ3v) is 5.46. The molecular formula is C16H17ClN2O2S. The molecular weight excluding hydrogens is 320 g/mol. The molecule has 0 aliphatic heterocycles. The summed E-state index contributed by atoms with van der Waals surface area (Å²) < 4.78 is 1.39. The fourth-order valence-electron chi connectivity index (χ4n) is 2.75. The Balaban J connectivity index is 2.15. The molecule has 1 fully saturated rings. The van der Waals surface area contributed by atoms with Crippen LogP contribution < -0.4 is 5.56 Å². The minimum absolute atomic E-state index is 0.215. The van der Waals surface area contributed by atoms with Crippen molar-refractivity contribution in [1.29, 1.82) is 0 Å². The minimum Gasteiger partial charge on any atom is -0.299 e. The van der Waals surface area contributed by atoms with Crippen molar-refractivity contribution in [3.63, 3.8) is 0 Å². The molecule has 4 nitrogen and oxygen atoms in total. The van der Waals surface area contributed by atoms with E-state index < -0.39 is 0 Å². The van der Waals surface area contributed by atoms with Crippen LogP contribution in [-0.4, -0.2) is 21.8 Å². The third-order valence-electron chi connectivity index (χ3n) is 4.10. The number of benzene rings is 1. The molecule has 0 bridgehead atoms. The maximum Gasteiger partial charge on any atom is 0.277 e. The van der Waals surface area contributed by atoms with Crippen molar-refractivity contribution < 1.29 is 4.79 Å². The van der Waals surface area contributed by atoms with Crippen LogP contribution in [0.2, 0.25) is 5.02 Å². The van der Waals surface area contributed by atoms with Gasteiger partial charge in [0.2, 0.25) is 5.78 Å². The summed E-state index contributed by atoms with van der Waals surface area (Å²) in [5.74, 6) is 0.0914. The van der Waals surface area contributed by atoms with E-state index in [4.69, 9.17) is 11.6 Å². The van der Waals surface area contributed by atoms with Crippen molar-refractivity contribution in [2.45, 2.75) is 30.6 Å². The van der Waals surface area contributed by atoms with Crippen molar-refractivity contribution in [3.8, 4) is 0 Å². The van der Waals surface area contributed by atoms with Gasteiger partial charge in [-0.3, -0.25) is 19.4 Å². The van der Waals surface area contributed by atoms with Gasteiger partial charge in [-0.05, 0) is 43.7 Å². The number of aryl methyl sites for hydroxylation is 1. The number of ketones is 1. The van der Waals surface area contributed by atoms with Gasteiger partial charge in [0.05, 0.1) is 10.7 Å². The number of aromatic nitrogens is 2. The first-order valence-corrected chi connectivity index (χ1v) is 8.72. The van der Waals surface area contributed by atoms with Crippen molar-refractivity contribution in [3.05, 3.63) is 49.9 Å². The van der Waals surface area contributed by atoms with Gasteiger partial charge >= 0.3 is 0 Å². The zero-order valence-corrected chi connectivity index (χ0v) is 14.3. The smallest absolute Gasteiger partial charge is 0.277 e. The summed E-state index contributed by atoms with van der Waals surface area (Å²) >= 11 is 7.68. The number of hydrogen-bond acceptors (Lipinski definition) is 3. The van der Waals surface area contributed by atoms with E-state index in [9.17, 15) is 9.59 Å². The quantitative estimate of drug-likeness (QED) is 0.686. The highest BCUT2D eigenvalue weighted by Crippen LogP contribution is 2.40. The van der Waals surface area contributed by atoms with Crippen molar-refractivity contribution in [2.75, 3.05) is 6.26 Å². The van der Waals surface area contributed by atoms with Crippen LogP contribution in [0.1, 0.15) is 45.9 Å². The van der Waals surface area contributed by atoms with Crippen molar-refractivity contribution in [2.24, 2.45) is 7.05 Å². The maximum atomic E-state index is 12.9. The van der Waals surface area contributed by atoms with Crippen molar-refractivity contribution in [1.82, 2.24) is 9.78 Å². The van der Waals surface area contributed by atoms with E-state index in [1.807, 2.05) is 13.2 Å². The number of nitrogens with zero attached hydrogens (tertiary/aromatic N) is 1. The molecule has 3 rings (SSSR count). The molecule has 1 aromatic carbocycles. The number of rotatable bonds is 4. The summed E-state index contributed by atoms with van der Waals surface area (Å²) in [4.78, 5) is 26.2. The summed E-state index contributed by atoms with van der Waals surface area (Å²) in [5.41, 5.74) is 2.18. The second-order valence-electron chi connectivity index (χ2n) is 5.62. The Morgan fingerprint density at radius 1 is 1.41 bits per heavy atom. The molecule has 22 heavy (non-hydrogen) atoms. The molecule has 6 heteroatoms. The molecule has 0 saturated heterocycles. The Labute approximate surface area is 137 Å². The van der Waals surface area contributed by atoms with Crippen LogP contribution in [0.5, 0.6) is 0 Å². The number of carbonyl (C=O) groups is 1. The molecule has 2 aromatic rings. The fraction of sp³-hybridized carbons (Fsp3) is 0.375. The van der Waals surface area contributed by atoms with Crippen LogP contribution in [0, 0.1) is 6.92 Å². The lowest BCUT2D eigenvalue weighted by molar-refractivity contribution is 0.103. The van der Waals surface area contributed by atoms with E-state index in [-0.39, 0.29) is 16.9 Å². The van der Waals surface area contributed by atoms with Gasteiger partial charge in [-0.2, -0.15) is 0 Å². The molecule has 0 unspecified atom stereocenters. The molecule has 1 aliphatic carbocycles. The van der Waals surface area contributed by atoms with Crippen LogP contribution >= 0.6 is 23.4 Å². The van der Waals surface area contributed by atoms with E-state index >= 15 is 0 Å². The summed E-state index contributed by atoms with van der Waals surface area (Å²) in [6, 6.07) is 3.43. The lowest BCUT2D eigenvalue weighted by Crippen LogP contribution is -2.20. The summed E-state index contributed by atoms with van der Waals surface area (Å²) in [6.45, 7) is 1.87. The first-order chi connectivity index (χ1) is 10.5. The molecule has 1 aromatic heterocycles. The largest absolute Gasteiger partial charge is 0.299 e. The van der Waals surface area contributed by atoms with Crippen LogP contribution in [-0.2, 0) is 7.05 Å². The highest BCUT2D eigenvalue weighted by molar-refractivity contribution is 7.98. The summed E-state index contributed by atoms with van der Waals surface area (Å²) in [6.07, 6.45) is 3.97. The highest BCUT2D eigenvalue weighted by atomic mass is 35.5. The van der Waals surface area contributed by atoms with E-state index in [2.05, 4.69) is 5.10 Å². The zero-order valence-electron chi connectivity index (χ0n) is 12.7. The Morgan fingerprint density at radius 3 is 2.68 bits per heavy atom. The average Bonchev–Trinajstić information content (AvgIpc) is 3.27. The van der Waals surface area contributed by atoms with E-state index in [0.717, 1.165) is 29.0 Å². The molecule has 0 atom stereocenters. The monoisotopic (exact) mass is 336 g/mol. The number of H-pyrrole nitrogens is 1. The van der Waals surface area contributed by atoms with Gasteiger partial charge in [0, 0.05) is 23.4 Å². The number of hydrogen-bond donors (Lipinski definition) is 1. The molecule has 116 valence electrons. The third kappa shape index (κ3) is 2.42. The first kappa shape index (κ1) is 15.4. The normalized spacial score (nSPS) is 14.4. The van der Waals surface area contributed by atoms with Crippen LogP contribution in [0.3, 0.4) is 0 Å². The summed E-state index contributed by atoms with van der Waals surface area (Å²) in [5, 5.41) is 3.67. The van der Waals surface area contributed by atoms with E-state index in [1.54, 1.807) is 19.2 Å². The molecule has 1 N–H and O–H groups in total. The number of nitrogens with one attached hydrogen (secondary N) is 1. The predicted octanol–water partition coefficient (Wildman–Crippen LogP) is 3.51. The number of carbonyl (C=O) groups excluding carboxylic acids is 1. The van der Waals surface area contributed by atoms with Gasteiger partial charge in [-0.25, -0.2) is 0 Å². The molecule has 0 radical (unpaired) electrons. The topological polar surface area (TPSA) is 54.9 Å². The predicted molar refractivity (Wildman–Crippen MR) is 89.4 cm³/mol. The van der Waals surface area contributed by atoms with Gasteiger partial charge in [-0.1, -0.05) is 11.6 Å². The zero-order chi connectivity index (χ0) is 16.0. The van der Waals surface area contributed by atoms with E-state index in [1.165, 1.54) is 16.4 Å². The Morgan fingerprint density at radius 2 is 2.09 bits per heavy atom. The average molecular weight is 337 g/mol. The number of thioether (sulfide) groups is 1. The summed E-state index contributed by atoms with van der Waals surface area (Å²) in [7, 11) is 1.65. The Bertz CT molecular complexity index is 818. The number of aromatic amines is 1.